The van der Waals surface area contributed by atoms with Crippen molar-refractivity contribution in [2.45, 2.75) is 44.8 Å². The molecule has 3 nitrogen and oxygen atoms in total. The quantitative estimate of drug-likeness (QED) is 0.662. The van der Waals surface area contributed by atoms with Gasteiger partial charge < -0.3 is 15.1 Å². The van der Waals surface area contributed by atoms with Crippen molar-refractivity contribution in [3.05, 3.63) is 0 Å². The van der Waals surface area contributed by atoms with Crippen molar-refractivity contribution in [2.75, 3.05) is 19.7 Å². The summed E-state index contributed by atoms with van der Waals surface area (Å²) >= 11 is 0. The molecule has 0 radical (unpaired) electrons. The molecule has 3 heteroatoms. The first-order chi connectivity index (χ1) is 6.24. The van der Waals surface area contributed by atoms with Crippen molar-refractivity contribution >= 4 is 0 Å². The van der Waals surface area contributed by atoms with Gasteiger partial charge in [0.15, 0.2) is 0 Å². The summed E-state index contributed by atoms with van der Waals surface area (Å²) in [7, 11) is 0. The largest absolute Gasteiger partial charge is 0.396 e. The molecular weight excluding hydrogens is 166 g/mol. The topological polar surface area (TPSA) is 43.7 Å². The van der Waals surface area contributed by atoms with Gasteiger partial charge in [-0.3, -0.25) is 0 Å². The second kappa shape index (κ2) is 5.58. The fourth-order valence-electron chi connectivity index (χ4n) is 2.12. The predicted molar refractivity (Wildman–Crippen MR) is 52.6 cm³/mol. The van der Waals surface area contributed by atoms with Crippen LogP contribution in [0.3, 0.4) is 0 Å². The summed E-state index contributed by atoms with van der Waals surface area (Å²) in [6, 6.07) is 0.548. The monoisotopic (exact) mass is 187 g/mol. The number of aliphatic hydroxyl groups is 2. The minimum Gasteiger partial charge on any atom is -0.396 e. The minimum atomic E-state index is -0.195. The summed E-state index contributed by atoms with van der Waals surface area (Å²) < 4.78 is 0. The van der Waals surface area contributed by atoms with E-state index in [1.54, 1.807) is 0 Å². The molecule has 0 aromatic rings. The smallest absolute Gasteiger partial charge is 0.0527 e. The lowest BCUT2D eigenvalue weighted by atomic mass is 10.1. The van der Waals surface area contributed by atoms with E-state index < -0.39 is 0 Å². The highest BCUT2D eigenvalue weighted by atomic mass is 16.3. The van der Waals surface area contributed by atoms with E-state index in [4.69, 9.17) is 5.11 Å². The van der Waals surface area contributed by atoms with Crippen LogP contribution in [0, 0.1) is 0 Å². The summed E-state index contributed by atoms with van der Waals surface area (Å²) in [6.07, 6.45) is 3.99. The first kappa shape index (κ1) is 11.0. The molecule has 1 aliphatic heterocycles. The van der Waals surface area contributed by atoms with E-state index in [0.29, 0.717) is 6.04 Å². The normalized spacial score (nSPS) is 26.5. The molecule has 0 bridgehead atoms. The summed E-state index contributed by atoms with van der Waals surface area (Å²) in [5.74, 6) is 0. The summed E-state index contributed by atoms with van der Waals surface area (Å²) in [6.45, 7) is 4.24. The van der Waals surface area contributed by atoms with Gasteiger partial charge in [-0.2, -0.15) is 0 Å². The Labute approximate surface area is 80.4 Å². The number of likely N-dealkylation sites (tertiary alicyclic amines) is 1. The predicted octanol–water partition coefficient (Wildman–Crippen LogP) is 0.604. The van der Waals surface area contributed by atoms with E-state index in [0.717, 1.165) is 25.9 Å². The zero-order valence-corrected chi connectivity index (χ0v) is 8.45. The lowest BCUT2D eigenvalue weighted by Gasteiger charge is -2.24. The number of hydrogen-bond acceptors (Lipinski definition) is 3. The molecule has 1 aliphatic rings. The van der Waals surface area contributed by atoms with Crippen LogP contribution in [0.2, 0.25) is 0 Å². The minimum absolute atomic E-state index is 0.195. The highest BCUT2D eigenvalue weighted by Crippen LogP contribution is 2.21. The van der Waals surface area contributed by atoms with Gasteiger partial charge in [-0.25, -0.2) is 0 Å². The molecule has 1 saturated heterocycles. The highest BCUT2D eigenvalue weighted by Gasteiger charge is 2.24. The fourth-order valence-corrected chi connectivity index (χ4v) is 2.12. The number of aliphatic hydroxyl groups excluding tert-OH is 2. The molecule has 2 unspecified atom stereocenters. The van der Waals surface area contributed by atoms with Crippen molar-refractivity contribution in [3.63, 3.8) is 0 Å². The fraction of sp³-hybridized carbons (Fsp3) is 1.00. The molecule has 78 valence electrons. The van der Waals surface area contributed by atoms with Gasteiger partial charge in [0.1, 0.15) is 0 Å². The molecule has 13 heavy (non-hydrogen) atoms. The maximum absolute atomic E-state index is 9.28. The van der Waals surface area contributed by atoms with Crippen LogP contribution in [0.15, 0.2) is 0 Å². The third-order valence-corrected chi connectivity index (χ3v) is 2.72. The Kier molecular flexibility index (Phi) is 4.70. The second-order valence-corrected chi connectivity index (χ2v) is 3.99. The Hall–Kier alpha value is -0.120. The SMILES string of the molecule is CC(O)CC1CCCN1CCCO. The van der Waals surface area contributed by atoms with Gasteiger partial charge in [-0.15, -0.1) is 0 Å². The van der Waals surface area contributed by atoms with Crippen LogP contribution in [0.25, 0.3) is 0 Å². The van der Waals surface area contributed by atoms with Crippen molar-refractivity contribution in [3.8, 4) is 0 Å². The first-order valence-corrected chi connectivity index (χ1v) is 5.27. The Morgan fingerprint density at radius 2 is 2.31 bits per heavy atom. The van der Waals surface area contributed by atoms with Crippen LogP contribution in [0.1, 0.15) is 32.6 Å². The summed E-state index contributed by atoms with van der Waals surface area (Å²) in [5, 5.41) is 18.0. The van der Waals surface area contributed by atoms with Gasteiger partial charge in [0.2, 0.25) is 0 Å². The van der Waals surface area contributed by atoms with Crippen LogP contribution < -0.4 is 0 Å². The van der Waals surface area contributed by atoms with Crippen LogP contribution in [-0.4, -0.2) is 47.0 Å². The standard InChI is InChI=1S/C10H21NO2/c1-9(13)8-10-4-2-5-11(10)6-3-7-12/h9-10,12-13H,2-8H2,1H3. The zero-order chi connectivity index (χ0) is 9.68. The molecule has 0 aliphatic carbocycles. The van der Waals surface area contributed by atoms with Crippen molar-refractivity contribution < 1.29 is 10.2 Å². The van der Waals surface area contributed by atoms with E-state index >= 15 is 0 Å². The molecule has 0 spiro atoms. The average Bonchev–Trinajstić information content (AvgIpc) is 2.48. The zero-order valence-electron chi connectivity index (χ0n) is 8.45. The Bertz CT molecular complexity index is 139. The third kappa shape index (κ3) is 3.63. The molecule has 1 rings (SSSR count). The molecule has 0 aromatic heterocycles. The van der Waals surface area contributed by atoms with Crippen LogP contribution in [-0.2, 0) is 0 Å². The summed E-state index contributed by atoms with van der Waals surface area (Å²) in [4.78, 5) is 2.39. The van der Waals surface area contributed by atoms with E-state index in [-0.39, 0.29) is 12.7 Å². The van der Waals surface area contributed by atoms with Crippen LogP contribution >= 0.6 is 0 Å². The number of rotatable bonds is 5. The molecule has 2 atom stereocenters. The third-order valence-electron chi connectivity index (χ3n) is 2.72. The maximum Gasteiger partial charge on any atom is 0.0527 e. The second-order valence-electron chi connectivity index (χ2n) is 3.99. The van der Waals surface area contributed by atoms with Gasteiger partial charge >= 0.3 is 0 Å². The van der Waals surface area contributed by atoms with Crippen molar-refractivity contribution in [1.29, 1.82) is 0 Å². The van der Waals surface area contributed by atoms with Crippen LogP contribution in [0.4, 0.5) is 0 Å². The molecule has 1 heterocycles. The molecule has 0 amide bonds. The lowest BCUT2D eigenvalue weighted by Crippen LogP contribution is -2.33. The van der Waals surface area contributed by atoms with Gasteiger partial charge in [-0.1, -0.05) is 0 Å². The van der Waals surface area contributed by atoms with Crippen LogP contribution in [0.5, 0.6) is 0 Å². The van der Waals surface area contributed by atoms with E-state index in [9.17, 15) is 5.11 Å². The van der Waals surface area contributed by atoms with Gasteiger partial charge in [0.25, 0.3) is 0 Å². The molecule has 0 aromatic carbocycles. The van der Waals surface area contributed by atoms with Gasteiger partial charge in [-0.05, 0) is 39.2 Å². The van der Waals surface area contributed by atoms with Crippen molar-refractivity contribution in [1.82, 2.24) is 4.90 Å². The van der Waals surface area contributed by atoms with Gasteiger partial charge in [0.05, 0.1) is 6.10 Å². The summed E-state index contributed by atoms with van der Waals surface area (Å²) in [5.41, 5.74) is 0. The molecule has 2 N–H and O–H groups in total. The molecular formula is C10H21NO2. The van der Waals surface area contributed by atoms with E-state index in [2.05, 4.69) is 4.90 Å². The Morgan fingerprint density at radius 1 is 1.54 bits per heavy atom. The maximum atomic E-state index is 9.28. The lowest BCUT2D eigenvalue weighted by molar-refractivity contribution is 0.129. The number of hydrogen-bond donors (Lipinski definition) is 2. The first-order valence-electron chi connectivity index (χ1n) is 5.27. The van der Waals surface area contributed by atoms with E-state index in [1.807, 2.05) is 6.92 Å². The highest BCUT2D eigenvalue weighted by molar-refractivity contribution is 4.80. The average molecular weight is 187 g/mol. The molecule has 1 fully saturated rings. The van der Waals surface area contributed by atoms with Gasteiger partial charge in [0, 0.05) is 19.2 Å². The Balaban J connectivity index is 2.26. The molecule has 0 saturated carbocycles. The Morgan fingerprint density at radius 3 is 2.92 bits per heavy atom. The van der Waals surface area contributed by atoms with E-state index in [1.165, 1.54) is 12.8 Å². The van der Waals surface area contributed by atoms with Crippen molar-refractivity contribution in [2.24, 2.45) is 0 Å². The number of nitrogens with zero attached hydrogens (tertiary/aromatic N) is 1.